The zero-order chi connectivity index (χ0) is 20.8. The minimum absolute atomic E-state index is 0.0477. The lowest BCUT2D eigenvalue weighted by Crippen LogP contribution is -2.27. The predicted octanol–water partition coefficient (Wildman–Crippen LogP) is 5.25. The van der Waals surface area contributed by atoms with Crippen molar-refractivity contribution >= 4 is 5.91 Å². The Balaban J connectivity index is 2.04. The van der Waals surface area contributed by atoms with E-state index >= 15 is 0 Å². The van der Waals surface area contributed by atoms with Crippen LogP contribution in [0.25, 0.3) is 0 Å². The first kappa shape index (κ1) is 21.8. The molecule has 0 aromatic heterocycles. The van der Waals surface area contributed by atoms with E-state index in [4.69, 9.17) is 9.47 Å². The van der Waals surface area contributed by atoms with Crippen molar-refractivity contribution in [1.82, 2.24) is 5.32 Å². The normalized spacial score (nSPS) is 12.0. The maximum atomic E-state index is 12.5. The Morgan fingerprint density at radius 1 is 0.929 bits per heavy atom. The fourth-order valence-electron chi connectivity index (χ4n) is 3.56. The van der Waals surface area contributed by atoms with Gasteiger partial charge in [0.1, 0.15) is 11.5 Å². The maximum Gasteiger partial charge on any atom is 0.220 e. The molecule has 0 bridgehead atoms. The van der Waals surface area contributed by atoms with Crippen molar-refractivity contribution in [3.63, 3.8) is 0 Å². The standard InChI is InChI=1S/C24H33NO3/c1-15(2)20-14-21(16(3)13-23(20)28-7)18(5)25-24(26)11-9-19-8-10-22(27-6)17(4)12-19/h8,10,12-15,18H,9,11H2,1-7H3,(H,25,26)/t18-/m1/s1. The van der Waals surface area contributed by atoms with Crippen LogP contribution in [0.5, 0.6) is 11.5 Å². The summed E-state index contributed by atoms with van der Waals surface area (Å²) in [5, 5.41) is 3.14. The van der Waals surface area contributed by atoms with E-state index in [0.717, 1.165) is 39.3 Å². The highest BCUT2D eigenvalue weighted by Crippen LogP contribution is 2.32. The molecule has 1 N–H and O–H groups in total. The second kappa shape index (κ2) is 9.63. The Morgan fingerprint density at radius 2 is 1.61 bits per heavy atom. The van der Waals surface area contributed by atoms with E-state index in [1.165, 1.54) is 0 Å². The first-order valence-corrected chi connectivity index (χ1v) is 9.88. The van der Waals surface area contributed by atoms with E-state index in [1.54, 1.807) is 14.2 Å². The van der Waals surface area contributed by atoms with Crippen molar-refractivity contribution in [3.05, 3.63) is 58.1 Å². The topological polar surface area (TPSA) is 47.6 Å². The van der Waals surface area contributed by atoms with Gasteiger partial charge in [0, 0.05) is 6.42 Å². The molecule has 0 unspecified atom stereocenters. The number of ether oxygens (including phenoxy) is 2. The molecule has 152 valence electrons. The van der Waals surface area contributed by atoms with Gasteiger partial charge in [-0.25, -0.2) is 0 Å². The molecule has 0 saturated heterocycles. The van der Waals surface area contributed by atoms with Crippen LogP contribution in [0.2, 0.25) is 0 Å². The minimum atomic E-state index is -0.0477. The summed E-state index contributed by atoms with van der Waals surface area (Å²) in [4.78, 5) is 12.5. The monoisotopic (exact) mass is 383 g/mol. The largest absolute Gasteiger partial charge is 0.496 e. The van der Waals surface area contributed by atoms with Crippen LogP contribution in [0.3, 0.4) is 0 Å². The first-order chi connectivity index (χ1) is 13.3. The number of methoxy groups -OCH3 is 2. The van der Waals surface area contributed by atoms with Crippen molar-refractivity contribution in [1.29, 1.82) is 0 Å². The number of carbonyl (C=O) groups is 1. The molecule has 0 aliphatic rings. The Hall–Kier alpha value is -2.49. The van der Waals surface area contributed by atoms with Gasteiger partial charge < -0.3 is 14.8 Å². The molecule has 2 rings (SSSR count). The Bertz CT molecular complexity index is 827. The van der Waals surface area contributed by atoms with E-state index in [-0.39, 0.29) is 11.9 Å². The van der Waals surface area contributed by atoms with E-state index < -0.39 is 0 Å². The van der Waals surface area contributed by atoms with Gasteiger partial charge in [-0.05, 0) is 79.1 Å². The van der Waals surface area contributed by atoms with Gasteiger partial charge in [0.25, 0.3) is 0 Å². The van der Waals surface area contributed by atoms with Gasteiger partial charge in [-0.15, -0.1) is 0 Å². The first-order valence-electron chi connectivity index (χ1n) is 9.88. The number of hydrogen-bond donors (Lipinski definition) is 1. The maximum absolute atomic E-state index is 12.5. The lowest BCUT2D eigenvalue weighted by atomic mass is 9.93. The zero-order valence-electron chi connectivity index (χ0n) is 18.2. The molecular weight excluding hydrogens is 350 g/mol. The SMILES string of the molecule is COc1ccc(CCC(=O)N[C@H](C)c2cc(C(C)C)c(OC)cc2C)cc1C. The van der Waals surface area contributed by atoms with Crippen molar-refractivity contribution in [3.8, 4) is 11.5 Å². The van der Waals surface area contributed by atoms with Crippen LogP contribution in [-0.4, -0.2) is 20.1 Å². The van der Waals surface area contributed by atoms with Gasteiger partial charge in [0.15, 0.2) is 0 Å². The number of nitrogens with one attached hydrogen (secondary N) is 1. The molecule has 0 heterocycles. The number of rotatable bonds is 8. The van der Waals surface area contributed by atoms with E-state index in [9.17, 15) is 4.79 Å². The molecule has 28 heavy (non-hydrogen) atoms. The fourth-order valence-corrected chi connectivity index (χ4v) is 3.56. The van der Waals surface area contributed by atoms with Gasteiger partial charge in [0.2, 0.25) is 5.91 Å². The third-order valence-electron chi connectivity index (χ3n) is 5.18. The van der Waals surface area contributed by atoms with E-state index in [2.05, 4.69) is 44.3 Å². The molecule has 0 aliphatic carbocycles. The lowest BCUT2D eigenvalue weighted by Gasteiger charge is -2.21. The summed E-state index contributed by atoms with van der Waals surface area (Å²) >= 11 is 0. The van der Waals surface area contributed by atoms with E-state index in [1.807, 2.05) is 26.0 Å². The number of benzene rings is 2. The van der Waals surface area contributed by atoms with Crippen molar-refractivity contribution in [2.75, 3.05) is 14.2 Å². The summed E-state index contributed by atoms with van der Waals surface area (Å²) in [6.45, 7) is 10.4. The lowest BCUT2D eigenvalue weighted by molar-refractivity contribution is -0.121. The van der Waals surface area contributed by atoms with Gasteiger partial charge in [0.05, 0.1) is 20.3 Å². The Kier molecular flexibility index (Phi) is 7.50. The number of carbonyl (C=O) groups excluding carboxylic acids is 1. The van der Waals surface area contributed by atoms with Gasteiger partial charge >= 0.3 is 0 Å². The molecular formula is C24H33NO3. The highest BCUT2D eigenvalue weighted by molar-refractivity contribution is 5.76. The summed E-state index contributed by atoms with van der Waals surface area (Å²) in [6, 6.07) is 10.2. The molecule has 0 spiro atoms. The molecule has 0 aliphatic heterocycles. The molecule has 0 saturated carbocycles. The second-order valence-electron chi connectivity index (χ2n) is 7.70. The van der Waals surface area contributed by atoms with Crippen LogP contribution in [0.15, 0.2) is 30.3 Å². The quantitative estimate of drug-likeness (QED) is 0.677. The van der Waals surface area contributed by atoms with Crippen LogP contribution in [0, 0.1) is 13.8 Å². The van der Waals surface area contributed by atoms with E-state index in [0.29, 0.717) is 18.8 Å². The number of hydrogen-bond acceptors (Lipinski definition) is 3. The van der Waals surface area contributed by atoms with Crippen LogP contribution in [0.1, 0.15) is 67.0 Å². The van der Waals surface area contributed by atoms with Crippen LogP contribution in [-0.2, 0) is 11.2 Å². The highest BCUT2D eigenvalue weighted by atomic mass is 16.5. The summed E-state index contributed by atoms with van der Waals surface area (Å²) in [5.74, 6) is 2.19. The van der Waals surface area contributed by atoms with Crippen molar-refractivity contribution in [2.24, 2.45) is 0 Å². The fraction of sp³-hybridized carbons (Fsp3) is 0.458. The van der Waals surface area contributed by atoms with Crippen LogP contribution < -0.4 is 14.8 Å². The number of amides is 1. The molecule has 0 fully saturated rings. The predicted molar refractivity (Wildman–Crippen MR) is 114 cm³/mol. The Labute approximate surface area is 169 Å². The van der Waals surface area contributed by atoms with Gasteiger partial charge in [-0.3, -0.25) is 4.79 Å². The zero-order valence-corrected chi connectivity index (χ0v) is 18.2. The van der Waals surface area contributed by atoms with Crippen LogP contribution in [0.4, 0.5) is 0 Å². The molecule has 1 amide bonds. The molecule has 4 heteroatoms. The molecule has 2 aromatic rings. The minimum Gasteiger partial charge on any atom is -0.496 e. The second-order valence-corrected chi connectivity index (χ2v) is 7.70. The molecule has 0 radical (unpaired) electrons. The van der Waals surface area contributed by atoms with Crippen LogP contribution >= 0.6 is 0 Å². The molecule has 4 nitrogen and oxygen atoms in total. The summed E-state index contributed by atoms with van der Waals surface area (Å²) < 4.78 is 10.8. The smallest absolute Gasteiger partial charge is 0.220 e. The van der Waals surface area contributed by atoms with Gasteiger partial charge in [-0.1, -0.05) is 26.0 Å². The number of aryl methyl sites for hydroxylation is 3. The summed E-state index contributed by atoms with van der Waals surface area (Å²) in [6.07, 6.45) is 1.17. The average Bonchev–Trinajstić information content (AvgIpc) is 2.65. The summed E-state index contributed by atoms with van der Waals surface area (Å²) in [7, 11) is 3.37. The third kappa shape index (κ3) is 5.28. The van der Waals surface area contributed by atoms with Crippen molar-refractivity contribution < 1.29 is 14.3 Å². The summed E-state index contributed by atoms with van der Waals surface area (Å²) in [5.41, 5.74) is 5.66. The Morgan fingerprint density at radius 3 is 2.18 bits per heavy atom. The average molecular weight is 384 g/mol. The third-order valence-corrected chi connectivity index (χ3v) is 5.18. The van der Waals surface area contributed by atoms with Gasteiger partial charge in [-0.2, -0.15) is 0 Å². The highest BCUT2D eigenvalue weighted by Gasteiger charge is 2.17. The van der Waals surface area contributed by atoms with Crippen molar-refractivity contribution in [2.45, 2.75) is 59.4 Å². The molecule has 2 aromatic carbocycles. The molecule has 1 atom stereocenters.